The zero-order valence-electron chi connectivity index (χ0n) is 11.8. The van der Waals surface area contributed by atoms with Crippen LogP contribution in [0, 0.1) is 20.8 Å². The van der Waals surface area contributed by atoms with Crippen molar-refractivity contribution in [2.75, 3.05) is 10.6 Å². The fraction of sp³-hybridized carbons (Fsp3) is 0.417. The van der Waals surface area contributed by atoms with Gasteiger partial charge in [0.05, 0.1) is 34.7 Å². The molecule has 0 fully saturated rings. The van der Waals surface area contributed by atoms with Crippen LogP contribution in [-0.2, 0) is 14.1 Å². The third-order valence-corrected chi connectivity index (χ3v) is 3.44. The van der Waals surface area contributed by atoms with E-state index in [1.165, 1.54) is 0 Å². The molecule has 0 aliphatic carbocycles. The molecule has 0 spiro atoms. The predicted molar refractivity (Wildman–Crippen MR) is 80.5 cm³/mol. The third kappa shape index (κ3) is 2.60. The van der Waals surface area contributed by atoms with Crippen molar-refractivity contribution in [2.24, 2.45) is 14.1 Å². The van der Waals surface area contributed by atoms with Crippen molar-refractivity contribution in [2.45, 2.75) is 20.8 Å². The lowest BCUT2D eigenvalue weighted by molar-refractivity contribution is 0.731. The Kier molecular flexibility index (Phi) is 3.57. The first-order chi connectivity index (χ1) is 8.90. The number of nitrogens with one attached hydrogen (secondary N) is 2. The van der Waals surface area contributed by atoms with Crippen molar-refractivity contribution in [3.05, 3.63) is 23.3 Å². The Balaban J connectivity index is 2.12. The molecule has 0 atom stereocenters. The van der Waals surface area contributed by atoms with Gasteiger partial charge in [-0.25, -0.2) is 0 Å². The van der Waals surface area contributed by atoms with E-state index in [-0.39, 0.29) is 0 Å². The lowest BCUT2D eigenvalue weighted by Gasteiger charge is -2.10. The molecule has 0 radical (unpaired) electrons. The van der Waals surface area contributed by atoms with Crippen molar-refractivity contribution in [1.29, 1.82) is 0 Å². The van der Waals surface area contributed by atoms with E-state index in [1.807, 2.05) is 39.5 Å². The molecule has 102 valence electrons. The Morgan fingerprint density at radius 3 is 2.26 bits per heavy atom. The van der Waals surface area contributed by atoms with Crippen LogP contribution >= 0.6 is 12.2 Å². The Morgan fingerprint density at radius 1 is 1.11 bits per heavy atom. The first kappa shape index (κ1) is 13.5. The van der Waals surface area contributed by atoms with Gasteiger partial charge in [-0.1, -0.05) is 0 Å². The van der Waals surface area contributed by atoms with Crippen LogP contribution in [0.5, 0.6) is 0 Å². The van der Waals surface area contributed by atoms with E-state index in [2.05, 4.69) is 20.8 Å². The van der Waals surface area contributed by atoms with Crippen LogP contribution in [0.3, 0.4) is 0 Å². The summed E-state index contributed by atoms with van der Waals surface area (Å²) in [4.78, 5) is 0. The minimum atomic E-state index is 0.537. The topological polar surface area (TPSA) is 59.7 Å². The summed E-state index contributed by atoms with van der Waals surface area (Å²) in [5.41, 5.74) is 4.85. The van der Waals surface area contributed by atoms with E-state index in [0.717, 1.165) is 28.5 Å². The average Bonchev–Trinajstić information content (AvgIpc) is 2.77. The zero-order chi connectivity index (χ0) is 14.2. The van der Waals surface area contributed by atoms with Crippen molar-refractivity contribution < 1.29 is 0 Å². The predicted octanol–water partition coefficient (Wildman–Crippen LogP) is 1.89. The Hall–Kier alpha value is -1.89. The molecule has 2 N–H and O–H groups in total. The lowest BCUT2D eigenvalue weighted by Crippen LogP contribution is -2.20. The maximum Gasteiger partial charge on any atom is 0.175 e. The first-order valence-electron chi connectivity index (χ1n) is 5.97. The van der Waals surface area contributed by atoms with Crippen LogP contribution in [0.1, 0.15) is 17.1 Å². The second-order valence-corrected chi connectivity index (χ2v) is 4.92. The summed E-state index contributed by atoms with van der Waals surface area (Å²) in [6.45, 7) is 5.94. The maximum absolute atomic E-state index is 5.32. The molecule has 0 amide bonds. The first-order valence-corrected chi connectivity index (χ1v) is 6.37. The number of hydrogen-bond donors (Lipinski definition) is 2. The minimum Gasteiger partial charge on any atom is -0.330 e. The van der Waals surface area contributed by atoms with Crippen molar-refractivity contribution in [3.63, 3.8) is 0 Å². The fourth-order valence-corrected chi connectivity index (χ4v) is 2.06. The summed E-state index contributed by atoms with van der Waals surface area (Å²) >= 11 is 5.32. The van der Waals surface area contributed by atoms with Gasteiger partial charge < -0.3 is 10.6 Å². The maximum atomic E-state index is 5.32. The van der Waals surface area contributed by atoms with Crippen molar-refractivity contribution in [1.82, 2.24) is 19.6 Å². The van der Waals surface area contributed by atoms with E-state index in [4.69, 9.17) is 12.2 Å². The summed E-state index contributed by atoms with van der Waals surface area (Å²) < 4.78 is 3.63. The molecule has 0 aromatic carbocycles. The van der Waals surface area contributed by atoms with Gasteiger partial charge in [-0.2, -0.15) is 10.2 Å². The van der Waals surface area contributed by atoms with Crippen LogP contribution in [0.2, 0.25) is 0 Å². The molecule has 0 aliphatic rings. The summed E-state index contributed by atoms with van der Waals surface area (Å²) in [5.74, 6) is 0. The molecule has 2 aromatic rings. The quantitative estimate of drug-likeness (QED) is 0.822. The third-order valence-electron chi connectivity index (χ3n) is 3.23. The van der Waals surface area contributed by atoms with E-state index < -0.39 is 0 Å². The number of rotatable bonds is 2. The summed E-state index contributed by atoms with van der Waals surface area (Å²) in [6, 6.07) is 0. The highest BCUT2D eigenvalue weighted by Crippen LogP contribution is 2.19. The number of anilines is 2. The number of hydrogen-bond acceptors (Lipinski definition) is 3. The van der Waals surface area contributed by atoms with Gasteiger partial charge >= 0.3 is 0 Å². The second kappa shape index (κ2) is 5.00. The number of aromatic nitrogens is 4. The molecule has 0 saturated heterocycles. The molecule has 0 saturated carbocycles. The molecule has 7 heteroatoms. The smallest absolute Gasteiger partial charge is 0.175 e. The molecule has 0 aliphatic heterocycles. The SMILES string of the molecule is Cc1nn(C)c(C)c1NC(=S)Nc1cnn(C)c1C. The van der Waals surface area contributed by atoms with Gasteiger partial charge in [0.1, 0.15) is 0 Å². The van der Waals surface area contributed by atoms with Crippen LogP contribution in [0.25, 0.3) is 0 Å². The zero-order valence-corrected chi connectivity index (χ0v) is 12.6. The van der Waals surface area contributed by atoms with Crippen LogP contribution < -0.4 is 10.6 Å². The number of nitrogens with zero attached hydrogens (tertiary/aromatic N) is 4. The van der Waals surface area contributed by atoms with Gasteiger partial charge in [0, 0.05) is 14.1 Å². The largest absolute Gasteiger partial charge is 0.330 e. The Labute approximate surface area is 117 Å². The molecule has 2 aromatic heterocycles. The molecule has 0 unspecified atom stereocenters. The second-order valence-electron chi connectivity index (χ2n) is 4.52. The lowest BCUT2D eigenvalue weighted by atomic mass is 10.3. The van der Waals surface area contributed by atoms with Crippen LogP contribution in [0.15, 0.2) is 6.20 Å². The van der Waals surface area contributed by atoms with Gasteiger partial charge in [0.25, 0.3) is 0 Å². The van der Waals surface area contributed by atoms with Crippen LogP contribution in [0.4, 0.5) is 11.4 Å². The number of thiocarbonyl (C=S) groups is 1. The normalized spacial score (nSPS) is 10.6. The summed E-state index contributed by atoms with van der Waals surface area (Å²) in [7, 11) is 3.81. The molecule has 2 rings (SSSR count). The van der Waals surface area contributed by atoms with Gasteiger partial charge in [-0.3, -0.25) is 9.36 Å². The van der Waals surface area contributed by atoms with Gasteiger partial charge in [0.15, 0.2) is 5.11 Å². The van der Waals surface area contributed by atoms with Gasteiger partial charge in [0.2, 0.25) is 0 Å². The highest BCUT2D eigenvalue weighted by atomic mass is 32.1. The van der Waals surface area contributed by atoms with Crippen molar-refractivity contribution in [3.8, 4) is 0 Å². The molecule has 0 bridgehead atoms. The Bertz CT molecular complexity index is 624. The molecule has 6 nitrogen and oxygen atoms in total. The van der Waals surface area contributed by atoms with Gasteiger partial charge in [-0.15, -0.1) is 0 Å². The minimum absolute atomic E-state index is 0.537. The molecule has 19 heavy (non-hydrogen) atoms. The highest BCUT2D eigenvalue weighted by Gasteiger charge is 2.11. The van der Waals surface area contributed by atoms with E-state index >= 15 is 0 Å². The Morgan fingerprint density at radius 2 is 1.79 bits per heavy atom. The van der Waals surface area contributed by atoms with Gasteiger partial charge in [-0.05, 0) is 33.0 Å². The van der Waals surface area contributed by atoms with E-state index in [0.29, 0.717) is 5.11 Å². The fourth-order valence-electron chi connectivity index (χ4n) is 1.84. The summed E-state index contributed by atoms with van der Waals surface area (Å²) in [6.07, 6.45) is 1.76. The molecular weight excluding hydrogens is 260 g/mol. The number of aryl methyl sites for hydroxylation is 3. The van der Waals surface area contributed by atoms with Crippen molar-refractivity contribution >= 4 is 28.7 Å². The average molecular weight is 278 g/mol. The monoisotopic (exact) mass is 278 g/mol. The van der Waals surface area contributed by atoms with E-state index in [1.54, 1.807) is 10.9 Å². The van der Waals surface area contributed by atoms with Crippen LogP contribution in [-0.4, -0.2) is 24.7 Å². The van der Waals surface area contributed by atoms with E-state index in [9.17, 15) is 0 Å². The summed E-state index contributed by atoms with van der Waals surface area (Å²) in [5, 5.41) is 15.4. The molecule has 2 heterocycles. The standard InChI is InChI=1S/C12H18N6S/c1-7-11(9(3)18(5)16-7)15-12(19)14-10-6-13-17(4)8(10)2/h6H,1-5H3,(H2,14,15,19). The molecular formula is C12H18N6S. The highest BCUT2D eigenvalue weighted by molar-refractivity contribution is 7.80.